The number of hydrazone groups is 1. The lowest BCUT2D eigenvalue weighted by Gasteiger charge is -2.08. The summed E-state index contributed by atoms with van der Waals surface area (Å²) in [7, 11) is 0. The van der Waals surface area contributed by atoms with Crippen LogP contribution in [0.25, 0.3) is 0 Å². The first-order chi connectivity index (χ1) is 7.43. The Kier molecular flexibility index (Phi) is 7.26. The van der Waals surface area contributed by atoms with Crippen molar-refractivity contribution < 1.29 is 0 Å². The molecule has 1 aliphatic carbocycles. The van der Waals surface area contributed by atoms with Gasteiger partial charge >= 0.3 is 0 Å². The summed E-state index contributed by atoms with van der Waals surface area (Å²) in [6.07, 6.45) is 14.6. The van der Waals surface area contributed by atoms with Crippen LogP contribution in [0.15, 0.2) is 5.10 Å². The topological polar surface area (TPSA) is 50.4 Å². The van der Waals surface area contributed by atoms with Gasteiger partial charge in [-0.15, -0.1) is 0 Å². The van der Waals surface area contributed by atoms with Crippen LogP contribution in [0.4, 0.5) is 0 Å². The van der Waals surface area contributed by atoms with Crippen molar-refractivity contribution in [1.29, 1.82) is 0 Å². The van der Waals surface area contributed by atoms with Gasteiger partial charge in [0.15, 0.2) is 0 Å². The third kappa shape index (κ3) is 6.50. The van der Waals surface area contributed by atoms with E-state index in [2.05, 4.69) is 10.6 Å². The van der Waals surface area contributed by atoms with Crippen molar-refractivity contribution in [1.82, 2.24) is 5.53 Å². The SMILES string of the molecule is NNN=C1CCCCCCCCCCC1. The number of hydrogen-bond acceptors (Lipinski definition) is 3. The highest BCUT2D eigenvalue weighted by atomic mass is 15.5. The Balaban J connectivity index is 2.28. The summed E-state index contributed by atoms with van der Waals surface area (Å²) in [5.74, 6) is 5.24. The van der Waals surface area contributed by atoms with Gasteiger partial charge in [0.2, 0.25) is 0 Å². The quantitative estimate of drug-likeness (QED) is 0.517. The second kappa shape index (κ2) is 8.72. The van der Waals surface area contributed by atoms with Crippen LogP contribution in [0.1, 0.15) is 70.6 Å². The third-order valence-corrected chi connectivity index (χ3v) is 3.15. The Morgan fingerprint density at radius 1 is 0.733 bits per heavy atom. The first kappa shape index (κ1) is 12.5. The molecular weight excluding hydrogens is 186 g/mol. The molecule has 1 rings (SSSR count). The molecule has 15 heavy (non-hydrogen) atoms. The van der Waals surface area contributed by atoms with Crippen molar-refractivity contribution in [2.24, 2.45) is 10.9 Å². The van der Waals surface area contributed by atoms with E-state index in [4.69, 9.17) is 5.84 Å². The third-order valence-electron chi connectivity index (χ3n) is 3.15. The van der Waals surface area contributed by atoms with Gasteiger partial charge in [0.05, 0.1) is 0 Å². The largest absolute Gasteiger partial charge is 0.246 e. The standard InChI is InChI=1S/C12H25N3/c13-15-14-12-10-8-6-4-2-1-3-5-7-9-11-12/h15H,1-11,13H2. The minimum Gasteiger partial charge on any atom is -0.246 e. The highest BCUT2D eigenvalue weighted by Gasteiger charge is 2.02. The molecule has 3 heteroatoms. The van der Waals surface area contributed by atoms with Crippen molar-refractivity contribution in [3.63, 3.8) is 0 Å². The fourth-order valence-electron chi connectivity index (χ4n) is 2.22. The van der Waals surface area contributed by atoms with Crippen molar-refractivity contribution in [3.8, 4) is 0 Å². The van der Waals surface area contributed by atoms with Crippen molar-refractivity contribution in [2.75, 3.05) is 0 Å². The van der Waals surface area contributed by atoms with Crippen LogP contribution in [0.2, 0.25) is 0 Å². The average molecular weight is 211 g/mol. The van der Waals surface area contributed by atoms with Crippen LogP contribution in [-0.4, -0.2) is 5.71 Å². The van der Waals surface area contributed by atoms with Gasteiger partial charge in [-0.2, -0.15) is 5.10 Å². The van der Waals surface area contributed by atoms with Crippen LogP contribution < -0.4 is 11.4 Å². The fraction of sp³-hybridized carbons (Fsp3) is 0.917. The van der Waals surface area contributed by atoms with Gasteiger partial charge in [-0.3, -0.25) is 0 Å². The molecule has 0 aromatic carbocycles. The van der Waals surface area contributed by atoms with Crippen LogP contribution in [0.5, 0.6) is 0 Å². The Morgan fingerprint density at radius 3 is 1.53 bits per heavy atom. The Morgan fingerprint density at radius 2 is 1.13 bits per heavy atom. The molecular formula is C12H25N3. The molecule has 0 spiro atoms. The zero-order valence-electron chi connectivity index (χ0n) is 9.80. The lowest BCUT2D eigenvalue weighted by molar-refractivity contribution is 0.554. The molecule has 88 valence electrons. The molecule has 0 radical (unpaired) electrons. The molecule has 1 aliphatic rings. The maximum atomic E-state index is 5.24. The second-order valence-electron chi connectivity index (χ2n) is 4.49. The Bertz CT molecular complexity index is 164. The lowest BCUT2D eigenvalue weighted by Crippen LogP contribution is -2.17. The molecule has 0 saturated heterocycles. The van der Waals surface area contributed by atoms with Crippen molar-refractivity contribution >= 4 is 5.71 Å². The molecule has 3 N–H and O–H groups in total. The summed E-state index contributed by atoms with van der Waals surface area (Å²) in [4.78, 5) is 0. The molecule has 0 unspecified atom stereocenters. The minimum atomic E-state index is 1.13. The highest BCUT2D eigenvalue weighted by Crippen LogP contribution is 2.15. The molecule has 1 fully saturated rings. The first-order valence-corrected chi connectivity index (χ1v) is 6.44. The van der Waals surface area contributed by atoms with Gasteiger partial charge in [0, 0.05) is 5.71 Å². The van der Waals surface area contributed by atoms with E-state index in [9.17, 15) is 0 Å². The summed E-state index contributed by atoms with van der Waals surface area (Å²) < 4.78 is 0. The van der Waals surface area contributed by atoms with E-state index < -0.39 is 0 Å². The monoisotopic (exact) mass is 211 g/mol. The second-order valence-corrected chi connectivity index (χ2v) is 4.49. The zero-order chi connectivity index (χ0) is 10.8. The van der Waals surface area contributed by atoms with E-state index in [1.54, 1.807) is 0 Å². The number of rotatable bonds is 1. The summed E-state index contributed by atoms with van der Waals surface area (Å²) >= 11 is 0. The van der Waals surface area contributed by atoms with Crippen LogP contribution in [0, 0.1) is 0 Å². The Hall–Kier alpha value is -0.570. The molecule has 3 nitrogen and oxygen atoms in total. The van der Waals surface area contributed by atoms with E-state index in [-0.39, 0.29) is 0 Å². The molecule has 0 heterocycles. The molecule has 0 aliphatic heterocycles. The Labute approximate surface area is 93.5 Å². The van der Waals surface area contributed by atoms with E-state index in [0.29, 0.717) is 0 Å². The average Bonchev–Trinajstić information content (AvgIpc) is 2.22. The fourth-order valence-corrected chi connectivity index (χ4v) is 2.22. The van der Waals surface area contributed by atoms with Gasteiger partial charge in [-0.05, 0) is 25.7 Å². The molecule has 1 saturated carbocycles. The van der Waals surface area contributed by atoms with E-state index in [1.807, 2.05) is 0 Å². The van der Waals surface area contributed by atoms with Crippen LogP contribution in [0.3, 0.4) is 0 Å². The van der Waals surface area contributed by atoms with Gasteiger partial charge in [0.1, 0.15) is 0 Å². The molecule has 0 aromatic rings. The van der Waals surface area contributed by atoms with E-state index >= 15 is 0 Å². The number of hydrazine groups is 1. The molecule has 0 aromatic heterocycles. The van der Waals surface area contributed by atoms with E-state index in [0.717, 1.165) is 12.8 Å². The number of nitrogens with zero attached hydrogens (tertiary/aromatic N) is 1. The van der Waals surface area contributed by atoms with Gasteiger partial charge in [-0.25, -0.2) is 11.4 Å². The highest BCUT2D eigenvalue weighted by molar-refractivity contribution is 5.84. The van der Waals surface area contributed by atoms with Crippen molar-refractivity contribution in [3.05, 3.63) is 0 Å². The van der Waals surface area contributed by atoms with Gasteiger partial charge in [0.25, 0.3) is 0 Å². The predicted octanol–water partition coefficient (Wildman–Crippen LogP) is 3.11. The normalized spacial score (nSPS) is 21.3. The summed E-state index contributed by atoms with van der Waals surface area (Å²) in [5, 5.41) is 4.16. The minimum absolute atomic E-state index is 1.13. The number of nitrogens with one attached hydrogen (secondary N) is 1. The maximum Gasteiger partial charge on any atom is 0.0393 e. The first-order valence-electron chi connectivity index (χ1n) is 6.44. The van der Waals surface area contributed by atoms with Gasteiger partial charge < -0.3 is 0 Å². The van der Waals surface area contributed by atoms with Crippen LogP contribution in [-0.2, 0) is 0 Å². The summed E-state index contributed by atoms with van der Waals surface area (Å²) in [6, 6.07) is 0. The predicted molar refractivity (Wildman–Crippen MR) is 65.5 cm³/mol. The van der Waals surface area contributed by atoms with Crippen molar-refractivity contribution in [2.45, 2.75) is 70.6 Å². The molecule has 0 bridgehead atoms. The smallest absolute Gasteiger partial charge is 0.0393 e. The summed E-state index contributed by atoms with van der Waals surface area (Å²) in [6.45, 7) is 0. The van der Waals surface area contributed by atoms with E-state index in [1.165, 1.54) is 63.5 Å². The lowest BCUT2D eigenvalue weighted by atomic mass is 10.00. The van der Waals surface area contributed by atoms with Crippen LogP contribution >= 0.6 is 0 Å². The number of nitrogens with two attached hydrogens (primary N) is 1. The maximum absolute atomic E-state index is 5.24. The number of hydrogen-bond donors (Lipinski definition) is 2. The molecule has 0 amide bonds. The summed E-state index contributed by atoms with van der Waals surface area (Å²) in [5.41, 5.74) is 3.70. The molecule has 0 atom stereocenters. The van der Waals surface area contributed by atoms with Gasteiger partial charge in [-0.1, -0.05) is 44.9 Å². The zero-order valence-corrected chi connectivity index (χ0v) is 9.80.